The highest BCUT2D eigenvalue weighted by molar-refractivity contribution is 14.1. The molecule has 3 nitrogen and oxygen atoms in total. The van der Waals surface area contributed by atoms with Crippen molar-refractivity contribution in [2.24, 2.45) is 5.92 Å². The Hall–Kier alpha value is 0. The molecule has 4 heteroatoms. The van der Waals surface area contributed by atoms with E-state index in [0.717, 1.165) is 10.8 Å². The molecule has 0 radical (unpaired) electrons. The van der Waals surface area contributed by atoms with Crippen molar-refractivity contribution in [2.45, 2.75) is 52.7 Å². The van der Waals surface area contributed by atoms with E-state index in [0.29, 0.717) is 5.92 Å². The molecule has 0 aliphatic carbocycles. The molecule has 2 atom stereocenters. The maximum atomic E-state index is 11.4. The van der Waals surface area contributed by atoms with Crippen LogP contribution in [0.1, 0.15) is 41.0 Å². The van der Waals surface area contributed by atoms with E-state index in [4.69, 9.17) is 4.74 Å². The summed E-state index contributed by atoms with van der Waals surface area (Å²) < 4.78 is 6.28. The molecular formula is C11H22INO2. The number of amides is 1. The molecule has 90 valence electrons. The summed E-state index contributed by atoms with van der Waals surface area (Å²) in [7, 11) is 0. The van der Waals surface area contributed by atoms with Crippen LogP contribution in [0.4, 0.5) is 4.79 Å². The van der Waals surface area contributed by atoms with Gasteiger partial charge in [0.25, 0.3) is 0 Å². The van der Waals surface area contributed by atoms with Crippen LogP contribution >= 0.6 is 22.6 Å². The number of alkyl halides is 1. The summed E-state index contributed by atoms with van der Waals surface area (Å²) in [5, 5.41) is 2.84. The van der Waals surface area contributed by atoms with Gasteiger partial charge < -0.3 is 10.1 Å². The second kappa shape index (κ2) is 6.55. The Balaban J connectivity index is 3.87. The molecule has 0 aliphatic heterocycles. The zero-order valence-electron chi connectivity index (χ0n) is 10.3. The van der Waals surface area contributed by atoms with Crippen molar-refractivity contribution < 1.29 is 9.53 Å². The van der Waals surface area contributed by atoms with Crippen LogP contribution < -0.4 is 5.32 Å². The van der Waals surface area contributed by atoms with Crippen LogP contribution in [0.2, 0.25) is 0 Å². The van der Waals surface area contributed by atoms with E-state index in [2.05, 4.69) is 34.8 Å². The molecule has 0 bridgehead atoms. The van der Waals surface area contributed by atoms with Crippen molar-refractivity contribution in [3.05, 3.63) is 0 Å². The van der Waals surface area contributed by atoms with Gasteiger partial charge in [-0.2, -0.15) is 0 Å². The van der Waals surface area contributed by atoms with Gasteiger partial charge in [0.2, 0.25) is 0 Å². The molecule has 0 aliphatic rings. The first-order valence-electron chi connectivity index (χ1n) is 5.30. The predicted octanol–water partition coefficient (Wildman–Crippen LogP) is 3.36. The van der Waals surface area contributed by atoms with Gasteiger partial charge in [0.15, 0.2) is 0 Å². The summed E-state index contributed by atoms with van der Waals surface area (Å²) in [5.74, 6) is 0.621. The second-order valence-corrected chi connectivity index (χ2v) is 5.92. The van der Waals surface area contributed by atoms with Gasteiger partial charge in [-0.1, -0.05) is 29.5 Å². The smallest absolute Gasteiger partial charge is 0.407 e. The van der Waals surface area contributed by atoms with Crippen molar-refractivity contribution in [1.29, 1.82) is 0 Å². The summed E-state index contributed by atoms with van der Waals surface area (Å²) in [6.07, 6.45) is 0.665. The number of carbonyl (C=O) groups excluding carboxylic acids is 1. The van der Waals surface area contributed by atoms with Crippen LogP contribution in [0.15, 0.2) is 0 Å². The molecule has 0 fully saturated rings. The molecule has 0 aromatic heterocycles. The minimum absolute atomic E-state index is 0.171. The average Bonchev–Trinajstić information content (AvgIpc) is 1.99. The fraction of sp³-hybridized carbons (Fsp3) is 0.909. The van der Waals surface area contributed by atoms with Crippen LogP contribution in [0, 0.1) is 5.92 Å². The summed E-state index contributed by atoms with van der Waals surface area (Å²) in [6.45, 7) is 9.78. The van der Waals surface area contributed by atoms with E-state index in [1.54, 1.807) is 0 Å². The van der Waals surface area contributed by atoms with Gasteiger partial charge in [0.05, 0.1) is 0 Å². The van der Waals surface area contributed by atoms with Crippen molar-refractivity contribution >= 4 is 28.7 Å². The Morgan fingerprint density at radius 2 is 1.93 bits per heavy atom. The molecular weight excluding hydrogens is 305 g/mol. The van der Waals surface area contributed by atoms with E-state index >= 15 is 0 Å². The Morgan fingerprint density at radius 3 is 2.33 bits per heavy atom. The Kier molecular flexibility index (Phi) is 6.55. The highest BCUT2D eigenvalue weighted by Gasteiger charge is 2.18. The molecule has 0 saturated heterocycles. The molecule has 0 aromatic carbocycles. The van der Waals surface area contributed by atoms with E-state index in [1.165, 1.54) is 0 Å². The first-order valence-corrected chi connectivity index (χ1v) is 6.82. The fourth-order valence-corrected chi connectivity index (χ4v) is 1.59. The Labute approximate surface area is 106 Å². The quantitative estimate of drug-likeness (QED) is 0.635. The van der Waals surface area contributed by atoms with Crippen molar-refractivity contribution in [3.63, 3.8) is 0 Å². The average molecular weight is 327 g/mol. The van der Waals surface area contributed by atoms with Crippen LogP contribution in [-0.2, 0) is 4.74 Å². The zero-order valence-corrected chi connectivity index (χ0v) is 12.4. The van der Waals surface area contributed by atoms with Crippen LogP contribution in [0.3, 0.4) is 0 Å². The van der Waals surface area contributed by atoms with Gasteiger partial charge in [0, 0.05) is 10.5 Å². The summed E-state index contributed by atoms with van der Waals surface area (Å²) in [4.78, 5) is 11.4. The molecule has 1 amide bonds. The maximum Gasteiger partial charge on any atom is 0.407 e. The van der Waals surface area contributed by atoms with E-state index < -0.39 is 5.60 Å². The summed E-state index contributed by atoms with van der Waals surface area (Å²) in [5.41, 5.74) is -0.418. The van der Waals surface area contributed by atoms with Gasteiger partial charge in [-0.15, -0.1) is 0 Å². The third-order valence-corrected chi connectivity index (χ3v) is 3.29. The summed E-state index contributed by atoms with van der Waals surface area (Å²) >= 11 is 2.36. The Bertz CT molecular complexity index is 201. The molecule has 0 heterocycles. The maximum absolute atomic E-state index is 11.4. The molecule has 0 spiro atoms. The lowest BCUT2D eigenvalue weighted by atomic mass is 10.1. The second-order valence-electron chi connectivity index (χ2n) is 5.04. The molecule has 1 N–H and O–H groups in total. The zero-order chi connectivity index (χ0) is 12.1. The van der Waals surface area contributed by atoms with Gasteiger partial charge in [-0.3, -0.25) is 0 Å². The van der Waals surface area contributed by atoms with Gasteiger partial charge in [-0.25, -0.2) is 4.79 Å². The highest BCUT2D eigenvalue weighted by atomic mass is 127. The first-order chi connectivity index (χ1) is 6.74. The first kappa shape index (κ1) is 15.0. The summed E-state index contributed by atoms with van der Waals surface area (Å²) in [6, 6.07) is 0.171. The lowest BCUT2D eigenvalue weighted by Gasteiger charge is -2.22. The number of nitrogens with one attached hydrogen (secondary N) is 1. The monoisotopic (exact) mass is 327 g/mol. The van der Waals surface area contributed by atoms with Crippen LogP contribution in [0.5, 0.6) is 0 Å². The van der Waals surface area contributed by atoms with Gasteiger partial charge >= 0.3 is 6.09 Å². The van der Waals surface area contributed by atoms with Crippen LogP contribution in [0.25, 0.3) is 0 Å². The molecule has 0 aromatic rings. The van der Waals surface area contributed by atoms with Crippen molar-refractivity contribution in [1.82, 2.24) is 5.32 Å². The molecule has 0 saturated carbocycles. The number of rotatable bonds is 4. The van der Waals surface area contributed by atoms with Crippen molar-refractivity contribution in [2.75, 3.05) is 4.43 Å². The van der Waals surface area contributed by atoms with Gasteiger partial charge in [0.1, 0.15) is 5.60 Å². The largest absolute Gasteiger partial charge is 0.444 e. The normalized spacial score (nSPS) is 15.6. The topological polar surface area (TPSA) is 38.3 Å². The predicted molar refractivity (Wildman–Crippen MR) is 71.5 cm³/mol. The van der Waals surface area contributed by atoms with E-state index in [9.17, 15) is 4.79 Å². The van der Waals surface area contributed by atoms with Gasteiger partial charge in [-0.05, 0) is 40.0 Å². The number of halogens is 1. The lowest BCUT2D eigenvalue weighted by Crippen LogP contribution is -2.38. The third kappa shape index (κ3) is 8.96. The van der Waals surface area contributed by atoms with Crippen LogP contribution in [-0.4, -0.2) is 22.2 Å². The standard InChI is InChI=1S/C11H22INO2/c1-8(7-12)6-9(2)13-10(14)15-11(3,4)5/h8-9H,6-7H2,1-5H3,(H,13,14). The van der Waals surface area contributed by atoms with E-state index in [1.807, 2.05) is 27.7 Å². The molecule has 15 heavy (non-hydrogen) atoms. The minimum Gasteiger partial charge on any atom is -0.444 e. The fourth-order valence-electron chi connectivity index (χ4n) is 1.23. The highest BCUT2D eigenvalue weighted by Crippen LogP contribution is 2.10. The number of carbonyl (C=O) groups is 1. The number of ether oxygens (including phenoxy) is 1. The Morgan fingerprint density at radius 1 is 1.40 bits per heavy atom. The van der Waals surface area contributed by atoms with Crippen molar-refractivity contribution in [3.8, 4) is 0 Å². The lowest BCUT2D eigenvalue weighted by molar-refractivity contribution is 0.0504. The SMILES string of the molecule is CC(CI)CC(C)NC(=O)OC(C)(C)C. The minimum atomic E-state index is -0.418. The number of hydrogen-bond acceptors (Lipinski definition) is 2. The number of alkyl carbamates (subject to hydrolysis) is 1. The molecule has 2 unspecified atom stereocenters. The third-order valence-electron chi connectivity index (χ3n) is 1.78. The van der Waals surface area contributed by atoms with E-state index in [-0.39, 0.29) is 12.1 Å². The molecule has 0 rings (SSSR count). The number of hydrogen-bond donors (Lipinski definition) is 1.